The highest BCUT2D eigenvalue weighted by molar-refractivity contribution is 9.10. The van der Waals surface area contributed by atoms with Crippen LogP contribution in [0.15, 0.2) is 57.7 Å². The molecule has 122 valence electrons. The summed E-state index contributed by atoms with van der Waals surface area (Å²) in [4.78, 5) is 6.66. The van der Waals surface area contributed by atoms with Crippen LogP contribution in [0, 0.1) is 0 Å². The molecule has 0 amide bonds. The monoisotopic (exact) mass is 445 g/mol. The van der Waals surface area contributed by atoms with Crippen LogP contribution in [0.4, 0.5) is 0 Å². The second kappa shape index (κ2) is 6.39. The smallest absolute Gasteiger partial charge is 0.0457 e. The van der Waals surface area contributed by atoms with Gasteiger partial charge in [-0.15, -0.1) is 0 Å². The summed E-state index contributed by atoms with van der Waals surface area (Å²) in [5, 5.41) is 2.47. The van der Waals surface area contributed by atoms with Crippen molar-refractivity contribution in [3.63, 3.8) is 0 Å². The van der Waals surface area contributed by atoms with Crippen molar-refractivity contribution in [2.75, 3.05) is 0 Å². The zero-order valence-electron chi connectivity index (χ0n) is 12.9. The van der Waals surface area contributed by atoms with Gasteiger partial charge in [0.25, 0.3) is 0 Å². The van der Waals surface area contributed by atoms with Crippen molar-refractivity contribution in [3.8, 4) is 0 Å². The van der Waals surface area contributed by atoms with Gasteiger partial charge in [0.15, 0.2) is 0 Å². The second-order valence-electron chi connectivity index (χ2n) is 6.18. The predicted molar refractivity (Wildman–Crippen MR) is 107 cm³/mol. The van der Waals surface area contributed by atoms with Crippen LogP contribution >= 0.6 is 31.9 Å². The summed E-state index contributed by atoms with van der Waals surface area (Å²) in [7, 11) is 0. The van der Waals surface area contributed by atoms with Gasteiger partial charge in [0.05, 0.1) is 0 Å². The van der Waals surface area contributed by atoms with E-state index in [4.69, 9.17) is 5.73 Å². The third-order valence-electron chi connectivity index (χ3n) is 4.42. The number of benzene rings is 2. The lowest BCUT2D eigenvalue weighted by Gasteiger charge is -2.11. The van der Waals surface area contributed by atoms with E-state index in [1.165, 1.54) is 21.9 Å². The van der Waals surface area contributed by atoms with E-state index in [2.05, 4.69) is 78.5 Å². The predicted octanol–water partition coefficient (Wildman–Crippen LogP) is 5.29. The molecule has 0 aliphatic rings. The van der Waals surface area contributed by atoms with Crippen molar-refractivity contribution in [2.24, 2.45) is 5.73 Å². The number of aromatic amines is 2. The highest BCUT2D eigenvalue weighted by Gasteiger charge is 2.13. The second-order valence-corrected chi connectivity index (χ2v) is 8.01. The van der Waals surface area contributed by atoms with Crippen LogP contribution in [-0.2, 0) is 12.8 Å². The molecule has 0 aliphatic heterocycles. The molecule has 24 heavy (non-hydrogen) atoms. The van der Waals surface area contributed by atoms with Gasteiger partial charge in [-0.25, -0.2) is 0 Å². The molecular formula is C19H17Br2N3. The van der Waals surface area contributed by atoms with Crippen molar-refractivity contribution < 1.29 is 0 Å². The first kappa shape index (κ1) is 15.9. The average Bonchev–Trinajstić information content (AvgIpc) is 3.12. The molecule has 4 rings (SSSR count). The van der Waals surface area contributed by atoms with E-state index in [0.29, 0.717) is 0 Å². The number of hydrogen-bond donors (Lipinski definition) is 3. The zero-order valence-corrected chi connectivity index (χ0v) is 16.1. The lowest BCUT2D eigenvalue weighted by Crippen LogP contribution is -2.25. The van der Waals surface area contributed by atoms with Crippen LogP contribution < -0.4 is 5.73 Å². The van der Waals surface area contributed by atoms with Gasteiger partial charge in [0.1, 0.15) is 0 Å². The van der Waals surface area contributed by atoms with E-state index in [9.17, 15) is 0 Å². The number of nitrogens with two attached hydrogens (primary N) is 1. The maximum atomic E-state index is 6.46. The largest absolute Gasteiger partial charge is 0.361 e. The highest BCUT2D eigenvalue weighted by Crippen LogP contribution is 2.26. The van der Waals surface area contributed by atoms with Gasteiger partial charge in [0, 0.05) is 49.2 Å². The maximum absolute atomic E-state index is 6.46. The van der Waals surface area contributed by atoms with E-state index in [1.54, 1.807) is 0 Å². The van der Waals surface area contributed by atoms with E-state index in [1.807, 2.05) is 12.1 Å². The number of aromatic nitrogens is 2. The highest BCUT2D eigenvalue weighted by atomic mass is 79.9. The number of fused-ring (bicyclic) bond motifs is 2. The van der Waals surface area contributed by atoms with Gasteiger partial charge in [-0.05, 0) is 60.4 Å². The first-order valence-corrected chi connectivity index (χ1v) is 9.45. The molecule has 2 aromatic carbocycles. The molecule has 0 aliphatic carbocycles. The van der Waals surface area contributed by atoms with Crippen LogP contribution in [0.2, 0.25) is 0 Å². The van der Waals surface area contributed by atoms with E-state index >= 15 is 0 Å². The number of halogens is 2. The Kier molecular flexibility index (Phi) is 4.24. The Bertz CT molecular complexity index is 934. The van der Waals surface area contributed by atoms with Crippen molar-refractivity contribution in [1.29, 1.82) is 0 Å². The molecule has 4 aromatic rings. The van der Waals surface area contributed by atoms with Crippen molar-refractivity contribution in [1.82, 2.24) is 9.97 Å². The molecule has 0 unspecified atom stereocenters. The Morgan fingerprint density at radius 3 is 1.71 bits per heavy atom. The fraction of sp³-hybridized carbons (Fsp3) is 0.158. The Hall–Kier alpha value is -1.56. The fourth-order valence-electron chi connectivity index (χ4n) is 3.28. The van der Waals surface area contributed by atoms with Crippen molar-refractivity contribution >= 4 is 53.7 Å². The van der Waals surface area contributed by atoms with Gasteiger partial charge in [-0.3, -0.25) is 0 Å². The summed E-state index contributed by atoms with van der Waals surface area (Å²) in [5.74, 6) is 0. The normalized spacial score (nSPS) is 11.8. The fourth-order valence-corrected chi connectivity index (χ4v) is 4.00. The number of nitrogens with one attached hydrogen (secondary N) is 2. The molecule has 2 heterocycles. The first-order chi connectivity index (χ1) is 11.6. The van der Waals surface area contributed by atoms with Crippen molar-refractivity contribution in [2.45, 2.75) is 18.9 Å². The number of hydrogen-bond acceptors (Lipinski definition) is 1. The summed E-state index contributed by atoms with van der Waals surface area (Å²) in [6.45, 7) is 0. The Morgan fingerprint density at radius 1 is 0.792 bits per heavy atom. The summed E-state index contributed by atoms with van der Waals surface area (Å²) < 4.78 is 2.18. The van der Waals surface area contributed by atoms with Gasteiger partial charge < -0.3 is 15.7 Å². The van der Waals surface area contributed by atoms with E-state index in [0.717, 1.165) is 32.8 Å². The quantitative estimate of drug-likeness (QED) is 0.392. The Morgan fingerprint density at radius 2 is 1.25 bits per heavy atom. The molecule has 0 radical (unpaired) electrons. The topological polar surface area (TPSA) is 57.6 Å². The van der Waals surface area contributed by atoms with Crippen LogP contribution in [-0.4, -0.2) is 16.0 Å². The number of H-pyrrole nitrogens is 2. The minimum atomic E-state index is 0.0703. The lowest BCUT2D eigenvalue weighted by atomic mass is 9.99. The van der Waals surface area contributed by atoms with Crippen molar-refractivity contribution in [3.05, 3.63) is 68.9 Å². The van der Waals surface area contributed by atoms with Crippen LogP contribution in [0.5, 0.6) is 0 Å². The molecule has 0 spiro atoms. The van der Waals surface area contributed by atoms with Gasteiger partial charge in [-0.1, -0.05) is 31.9 Å². The van der Waals surface area contributed by atoms with E-state index < -0.39 is 0 Å². The molecule has 4 N–H and O–H groups in total. The molecule has 0 bridgehead atoms. The summed E-state index contributed by atoms with van der Waals surface area (Å²) >= 11 is 7.09. The SMILES string of the molecule is NC(Cc1c[nH]c2ccc(Br)cc12)Cc1c[nH]c2ccc(Br)cc12. The molecule has 5 heteroatoms. The van der Waals surface area contributed by atoms with Gasteiger partial charge in [0.2, 0.25) is 0 Å². The molecule has 0 atom stereocenters. The standard InChI is InChI=1S/C19H17Br2N3/c20-13-1-3-18-16(7-13)11(9-23-18)5-15(22)6-12-10-24-19-4-2-14(21)8-17(12)19/h1-4,7-10,15,23-24H,5-6,22H2. The zero-order chi connectivity index (χ0) is 16.7. The third-order valence-corrected chi connectivity index (χ3v) is 5.41. The van der Waals surface area contributed by atoms with Crippen LogP contribution in [0.3, 0.4) is 0 Å². The first-order valence-electron chi connectivity index (χ1n) is 7.87. The average molecular weight is 447 g/mol. The Labute approximate surface area is 156 Å². The molecule has 0 saturated carbocycles. The third kappa shape index (κ3) is 3.04. The molecule has 2 aromatic heterocycles. The van der Waals surface area contributed by atoms with Gasteiger partial charge >= 0.3 is 0 Å². The van der Waals surface area contributed by atoms with Crippen LogP contribution in [0.25, 0.3) is 21.8 Å². The molecule has 0 fully saturated rings. The Balaban J connectivity index is 1.58. The van der Waals surface area contributed by atoms with Crippen LogP contribution in [0.1, 0.15) is 11.1 Å². The minimum absolute atomic E-state index is 0.0703. The maximum Gasteiger partial charge on any atom is 0.0457 e. The minimum Gasteiger partial charge on any atom is -0.361 e. The molecule has 3 nitrogen and oxygen atoms in total. The summed E-state index contributed by atoms with van der Waals surface area (Å²) in [6, 6.07) is 12.6. The lowest BCUT2D eigenvalue weighted by molar-refractivity contribution is 0.669. The summed E-state index contributed by atoms with van der Waals surface area (Å²) in [6.07, 6.45) is 5.83. The molecule has 0 saturated heterocycles. The van der Waals surface area contributed by atoms with E-state index in [-0.39, 0.29) is 6.04 Å². The van der Waals surface area contributed by atoms with Gasteiger partial charge in [-0.2, -0.15) is 0 Å². The number of rotatable bonds is 4. The summed E-state index contributed by atoms with van der Waals surface area (Å²) in [5.41, 5.74) is 11.3. The molecular weight excluding hydrogens is 430 g/mol.